The SMILES string of the molecule is CCO[C@H](C)C(=O)N(C)Cc1cn(-c2ccccc2)nc1-c1ccccc1. The Hall–Kier alpha value is -2.92. The van der Waals surface area contributed by atoms with Crippen molar-refractivity contribution in [3.8, 4) is 16.9 Å². The molecule has 0 aliphatic carbocycles. The third-order valence-electron chi connectivity index (χ3n) is 4.41. The van der Waals surface area contributed by atoms with Crippen LogP contribution in [0.5, 0.6) is 0 Å². The maximum absolute atomic E-state index is 12.5. The third kappa shape index (κ3) is 4.44. The molecule has 0 aliphatic heterocycles. The molecule has 0 saturated carbocycles. The van der Waals surface area contributed by atoms with E-state index in [2.05, 4.69) is 0 Å². The summed E-state index contributed by atoms with van der Waals surface area (Å²) >= 11 is 0. The van der Waals surface area contributed by atoms with E-state index in [0.29, 0.717) is 13.2 Å². The highest BCUT2D eigenvalue weighted by atomic mass is 16.5. The van der Waals surface area contributed by atoms with Gasteiger partial charge in [-0.25, -0.2) is 4.68 Å². The van der Waals surface area contributed by atoms with Gasteiger partial charge in [0.2, 0.25) is 0 Å². The van der Waals surface area contributed by atoms with E-state index in [1.807, 2.05) is 78.5 Å². The number of para-hydroxylation sites is 1. The Labute approximate surface area is 160 Å². The number of aromatic nitrogens is 2. The van der Waals surface area contributed by atoms with Crippen LogP contribution in [0.4, 0.5) is 0 Å². The first kappa shape index (κ1) is 18.9. The molecular weight excluding hydrogens is 338 g/mol. The summed E-state index contributed by atoms with van der Waals surface area (Å²) < 4.78 is 7.30. The topological polar surface area (TPSA) is 47.4 Å². The van der Waals surface area contributed by atoms with Crippen LogP contribution in [0.15, 0.2) is 66.9 Å². The highest BCUT2D eigenvalue weighted by molar-refractivity contribution is 5.80. The molecule has 0 aliphatic rings. The van der Waals surface area contributed by atoms with Gasteiger partial charge >= 0.3 is 0 Å². The molecule has 2 aromatic carbocycles. The number of rotatable bonds is 7. The molecule has 140 valence electrons. The standard InChI is InChI=1S/C22H25N3O2/c1-4-27-17(2)22(26)24(3)15-19-16-25(20-13-9-6-10-14-20)23-21(19)18-11-7-5-8-12-18/h5-14,16-17H,4,15H2,1-3H3/t17-/m1/s1. The van der Waals surface area contributed by atoms with Gasteiger partial charge in [0.15, 0.2) is 0 Å². The van der Waals surface area contributed by atoms with Gasteiger partial charge in [-0.2, -0.15) is 5.10 Å². The molecule has 0 bridgehead atoms. The Kier molecular flexibility index (Phi) is 6.04. The summed E-state index contributed by atoms with van der Waals surface area (Å²) in [6.45, 7) is 4.66. The summed E-state index contributed by atoms with van der Waals surface area (Å²) in [5, 5.41) is 4.79. The largest absolute Gasteiger partial charge is 0.369 e. The third-order valence-corrected chi connectivity index (χ3v) is 4.41. The smallest absolute Gasteiger partial charge is 0.251 e. The average molecular weight is 363 g/mol. The zero-order valence-corrected chi connectivity index (χ0v) is 16.0. The van der Waals surface area contributed by atoms with Crippen molar-refractivity contribution in [2.45, 2.75) is 26.5 Å². The minimum Gasteiger partial charge on any atom is -0.369 e. The minimum absolute atomic E-state index is 0.0386. The van der Waals surface area contributed by atoms with E-state index in [1.54, 1.807) is 18.9 Å². The molecule has 3 rings (SSSR count). The molecule has 0 radical (unpaired) electrons. The van der Waals surface area contributed by atoms with Gasteiger partial charge in [0.25, 0.3) is 5.91 Å². The summed E-state index contributed by atoms with van der Waals surface area (Å²) in [6, 6.07) is 20.0. The van der Waals surface area contributed by atoms with Gasteiger partial charge in [-0.3, -0.25) is 4.79 Å². The van der Waals surface area contributed by atoms with Crippen LogP contribution in [0, 0.1) is 0 Å². The molecule has 5 heteroatoms. The zero-order valence-electron chi connectivity index (χ0n) is 16.0. The lowest BCUT2D eigenvalue weighted by Gasteiger charge is -2.21. The van der Waals surface area contributed by atoms with Gasteiger partial charge in [0, 0.05) is 37.5 Å². The van der Waals surface area contributed by atoms with E-state index >= 15 is 0 Å². The molecule has 0 spiro atoms. The lowest BCUT2D eigenvalue weighted by atomic mass is 10.1. The number of hydrogen-bond donors (Lipinski definition) is 0. The molecule has 3 aromatic rings. The van der Waals surface area contributed by atoms with E-state index in [4.69, 9.17) is 9.84 Å². The van der Waals surface area contributed by atoms with Crippen LogP contribution in [0.3, 0.4) is 0 Å². The highest BCUT2D eigenvalue weighted by Crippen LogP contribution is 2.24. The number of hydrogen-bond acceptors (Lipinski definition) is 3. The normalized spacial score (nSPS) is 12.0. The van der Waals surface area contributed by atoms with Crippen LogP contribution in [-0.2, 0) is 16.1 Å². The van der Waals surface area contributed by atoms with Crippen LogP contribution in [0.1, 0.15) is 19.4 Å². The fourth-order valence-corrected chi connectivity index (χ4v) is 3.04. The molecule has 1 atom stereocenters. The Morgan fingerprint density at radius 3 is 2.37 bits per heavy atom. The number of carbonyl (C=O) groups excluding carboxylic acids is 1. The number of likely N-dealkylation sites (N-methyl/N-ethyl adjacent to an activating group) is 1. The van der Waals surface area contributed by atoms with E-state index in [0.717, 1.165) is 22.5 Å². The Morgan fingerprint density at radius 2 is 1.74 bits per heavy atom. The summed E-state index contributed by atoms with van der Waals surface area (Å²) in [5.74, 6) is -0.0386. The van der Waals surface area contributed by atoms with Crippen molar-refractivity contribution >= 4 is 5.91 Å². The van der Waals surface area contributed by atoms with Crippen molar-refractivity contribution in [2.75, 3.05) is 13.7 Å². The molecule has 0 fully saturated rings. The zero-order chi connectivity index (χ0) is 19.2. The minimum atomic E-state index is -0.454. The van der Waals surface area contributed by atoms with Gasteiger partial charge in [-0.1, -0.05) is 48.5 Å². The first-order valence-electron chi connectivity index (χ1n) is 9.16. The molecule has 1 heterocycles. The second-order valence-corrected chi connectivity index (χ2v) is 6.44. The van der Waals surface area contributed by atoms with Crippen molar-refractivity contribution in [1.82, 2.24) is 14.7 Å². The predicted molar refractivity (Wildman–Crippen MR) is 107 cm³/mol. The number of benzene rings is 2. The van der Waals surface area contributed by atoms with Crippen molar-refractivity contribution in [3.05, 3.63) is 72.4 Å². The van der Waals surface area contributed by atoms with E-state index in [-0.39, 0.29) is 5.91 Å². The maximum atomic E-state index is 12.5. The molecule has 0 N–H and O–H groups in total. The van der Waals surface area contributed by atoms with Crippen molar-refractivity contribution in [3.63, 3.8) is 0 Å². The average Bonchev–Trinajstić information content (AvgIpc) is 3.12. The predicted octanol–water partition coefficient (Wildman–Crippen LogP) is 3.92. The Morgan fingerprint density at radius 1 is 1.11 bits per heavy atom. The highest BCUT2D eigenvalue weighted by Gasteiger charge is 2.20. The fourth-order valence-electron chi connectivity index (χ4n) is 3.04. The first-order valence-corrected chi connectivity index (χ1v) is 9.16. The van der Waals surface area contributed by atoms with Crippen LogP contribution in [-0.4, -0.2) is 40.3 Å². The second kappa shape index (κ2) is 8.64. The molecular formula is C22H25N3O2. The van der Waals surface area contributed by atoms with Crippen LogP contribution >= 0.6 is 0 Å². The first-order chi connectivity index (χ1) is 13.1. The maximum Gasteiger partial charge on any atom is 0.251 e. The molecule has 1 amide bonds. The number of amides is 1. The van der Waals surface area contributed by atoms with Gasteiger partial charge in [0.05, 0.1) is 11.4 Å². The molecule has 0 saturated heterocycles. The van der Waals surface area contributed by atoms with Crippen LogP contribution in [0.2, 0.25) is 0 Å². The van der Waals surface area contributed by atoms with Gasteiger partial charge in [-0.15, -0.1) is 0 Å². The van der Waals surface area contributed by atoms with Crippen molar-refractivity contribution < 1.29 is 9.53 Å². The van der Waals surface area contributed by atoms with Crippen LogP contribution < -0.4 is 0 Å². The lowest BCUT2D eigenvalue weighted by molar-refractivity contribution is -0.141. The summed E-state index contributed by atoms with van der Waals surface area (Å²) in [6.07, 6.45) is 1.54. The van der Waals surface area contributed by atoms with Gasteiger partial charge in [-0.05, 0) is 26.0 Å². The number of carbonyl (C=O) groups is 1. The quantitative estimate of drug-likeness (QED) is 0.639. The molecule has 5 nitrogen and oxygen atoms in total. The van der Waals surface area contributed by atoms with E-state index in [1.165, 1.54) is 0 Å². The van der Waals surface area contributed by atoms with Crippen molar-refractivity contribution in [1.29, 1.82) is 0 Å². The van der Waals surface area contributed by atoms with Gasteiger partial charge in [0.1, 0.15) is 6.10 Å². The summed E-state index contributed by atoms with van der Waals surface area (Å²) in [5.41, 5.74) is 3.88. The monoisotopic (exact) mass is 363 g/mol. The molecule has 1 aromatic heterocycles. The molecule has 27 heavy (non-hydrogen) atoms. The summed E-state index contributed by atoms with van der Waals surface area (Å²) in [4.78, 5) is 14.2. The van der Waals surface area contributed by atoms with E-state index in [9.17, 15) is 4.79 Å². The van der Waals surface area contributed by atoms with Gasteiger partial charge < -0.3 is 9.64 Å². The lowest BCUT2D eigenvalue weighted by Crippen LogP contribution is -2.35. The summed E-state index contributed by atoms with van der Waals surface area (Å²) in [7, 11) is 1.80. The fraction of sp³-hybridized carbons (Fsp3) is 0.273. The Bertz CT molecular complexity index is 875. The van der Waals surface area contributed by atoms with Crippen molar-refractivity contribution in [2.24, 2.45) is 0 Å². The Balaban J connectivity index is 1.93. The molecule has 0 unspecified atom stereocenters. The number of ether oxygens (including phenoxy) is 1. The van der Waals surface area contributed by atoms with E-state index < -0.39 is 6.10 Å². The second-order valence-electron chi connectivity index (χ2n) is 6.44. The number of nitrogens with zero attached hydrogens (tertiary/aromatic N) is 3. The van der Waals surface area contributed by atoms with Crippen LogP contribution in [0.25, 0.3) is 16.9 Å².